The summed E-state index contributed by atoms with van der Waals surface area (Å²) in [5, 5.41) is 8.62. The molecule has 0 spiro atoms. The SMILES string of the molecule is CC1CCCCC1OCc1ccc(C#CCO)cc1F. The van der Waals surface area contributed by atoms with Crippen LogP contribution in [0.25, 0.3) is 0 Å². The van der Waals surface area contributed by atoms with E-state index in [4.69, 9.17) is 9.84 Å². The number of aliphatic hydroxyl groups excluding tert-OH is 1. The van der Waals surface area contributed by atoms with Crippen molar-refractivity contribution in [2.45, 2.75) is 45.3 Å². The number of aliphatic hydroxyl groups is 1. The smallest absolute Gasteiger partial charge is 0.129 e. The van der Waals surface area contributed by atoms with E-state index < -0.39 is 0 Å². The Morgan fingerprint density at radius 1 is 1.35 bits per heavy atom. The fourth-order valence-corrected chi connectivity index (χ4v) is 2.61. The highest BCUT2D eigenvalue weighted by Crippen LogP contribution is 2.27. The zero-order valence-electron chi connectivity index (χ0n) is 11.9. The summed E-state index contributed by atoms with van der Waals surface area (Å²) in [4.78, 5) is 0. The zero-order chi connectivity index (χ0) is 14.4. The summed E-state index contributed by atoms with van der Waals surface area (Å²) in [5.41, 5.74) is 1.14. The molecule has 2 nitrogen and oxygen atoms in total. The highest BCUT2D eigenvalue weighted by Gasteiger charge is 2.22. The second-order valence-corrected chi connectivity index (χ2v) is 5.38. The lowest BCUT2D eigenvalue weighted by atomic mass is 9.88. The van der Waals surface area contributed by atoms with E-state index in [-0.39, 0.29) is 18.5 Å². The maximum Gasteiger partial charge on any atom is 0.129 e. The number of rotatable bonds is 3. The Kier molecular flexibility index (Phi) is 5.58. The van der Waals surface area contributed by atoms with Crippen LogP contribution in [-0.4, -0.2) is 17.8 Å². The lowest BCUT2D eigenvalue weighted by Crippen LogP contribution is -2.25. The summed E-state index contributed by atoms with van der Waals surface area (Å²) < 4.78 is 19.8. The molecule has 2 rings (SSSR count). The molecular formula is C17H21FO2. The molecular weight excluding hydrogens is 255 g/mol. The highest BCUT2D eigenvalue weighted by atomic mass is 19.1. The summed E-state index contributed by atoms with van der Waals surface area (Å²) >= 11 is 0. The van der Waals surface area contributed by atoms with Crippen LogP contribution < -0.4 is 0 Å². The van der Waals surface area contributed by atoms with Crippen LogP contribution in [-0.2, 0) is 11.3 Å². The number of hydrogen-bond donors (Lipinski definition) is 1. The molecule has 1 aromatic carbocycles. The molecule has 1 aliphatic carbocycles. The third-order valence-electron chi connectivity index (χ3n) is 3.85. The largest absolute Gasteiger partial charge is 0.384 e. The van der Waals surface area contributed by atoms with Gasteiger partial charge in [-0.1, -0.05) is 37.7 Å². The van der Waals surface area contributed by atoms with Gasteiger partial charge < -0.3 is 9.84 Å². The van der Waals surface area contributed by atoms with Gasteiger partial charge in [-0.15, -0.1) is 0 Å². The van der Waals surface area contributed by atoms with E-state index in [9.17, 15) is 4.39 Å². The molecule has 20 heavy (non-hydrogen) atoms. The van der Waals surface area contributed by atoms with Gasteiger partial charge in [-0.05, 0) is 30.9 Å². The van der Waals surface area contributed by atoms with Gasteiger partial charge in [0.1, 0.15) is 12.4 Å². The van der Waals surface area contributed by atoms with Crippen LogP contribution in [0.15, 0.2) is 18.2 Å². The van der Waals surface area contributed by atoms with Crippen molar-refractivity contribution in [1.29, 1.82) is 0 Å². The molecule has 0 radical (unpaired) electrons. The van der Waals surface area contributed by atoms with Crippen LogP contribution in [0.1, 0.15) is 43.7 Å². The molecule has 1 aromatic rings. The minimum atomic E-state index is -0.293. The molecule has 2 unspecified atom stereocenters. The van der Waals surface area contributed by atoms with Crippen molar-refractivity contribution >= 4 is 0 Å². The molecule has 0 amide bonds. The Morgan fingerprint density at radius 3 is 2.85 bits per heavy atom. The first-order chi connectivity index (χ1) is 9.70. The Morgan fingerprint density at radius 2 is 2.15 bits per heavy atom. The maximum absolute atomic E-state index is 13.9. The number of hydrogen-bond acceptors (Lipinski definition) is 2. The standard InChI is InChI=1S/C17H21FO2/c1-13-5-2-3-7-17(13)20-12-15-9-8-14(6-4-10-19)11-16(15)18/h8-9,11,13,17,19H,2-3,5,7,10,12H2,1H3. The van der Waals surface area contributed by atoms with Gasteiger partial charge in [-0.25, -0.2) is 4.39 Å². The number of halogens is 1. The topological polar surface area (TPSA) is 29.5 Å². The van der Waals surface area contributed by atoms with Crippen LogP contribution in [0.4, 0.5) is 4.39 Å². The molecule has 0 bridgehead atoms. The predicted octanol–water partition coefficient (Wildman–Crippen LogP) is 3.26. The van der Waals surface area contributed by atoms with Crippen LogP contribution in [0.5, 0.6) is 0 Å². The van der Waals surface area contributed by atoms with Crippen LogP contribution in [0.2, 0.25) is 0 Å². The fourth-order valence-electron chi connectivity index (χ4n) is 2.61. The van der Waals surface area contributed by atoms with E-state index in [1.54, 1.807) is 12.1 Å². The van der Waals surface area contributed by atoms with Gasteiger partial charge in [0, 0.05) is 11.1 Å². The van der Waals surface area contributed by atoms with Crippen molar-refractivity contribution in [2.75, 3.05) is 6.61 Å². The van der Waals surface area contributed by atoms with E-state index in [0.29, 0.717) is 23.7 Å². The van der Waals surface area contributed by atoms with Crippen molar-refractivity contribution in [3.63, 3.8) is 0 Å². The molecule has 1 saturated carbocycles. The van der Waals surface area contributed by atoms with Gasteiger partial charge in [-0.2, -0.15) is 0 Å². The monoisotopic (exact) mass is 276 g/mol. The molecule has 108 valence electrons. The van der Waals surface area contributed by atoms with Crippen molar-refractivity contribution in [3.8, 4) is 11.8 Å². The number of benzene rings is 1. The normalized spacial score (nSPS) is 22.1. The van der Waals surface area contributed by atoms with Crippen molar-refractivity contribution in [2.24, 2.45) is 5.92 Å². The lowest BCUT2D eigenvalue weighted by molar-refractivity contribution is -0.0164. The summed E-state index contributed by atoms with van der Waals surface area (Å²) in [6, 6.07) is 4.87. The van der Waals surface area contributed by atoms with Gasteiger partial charge >= 0.3 is 0 Å². The second kappa shape index (κ2) is 7.42. The first-order valence-corrected chi connectivity index (χ1v) is 7.20. The first kappa shape index (κ1) is 15.0. The summed E-state index contributed by atoms with van der Waals surface area (Å²) in [7, 11) is 0. The summed E-state index contributed by atoms with van der Waals surface area (Å²) in [6.45, 7) is 2.30. The average molecular weight is 276 g/mol. The number of ether oxygens (including phenoxy) is 1. The molecule has 2 atom stereocenters. The van der Waals surface area contributed by atoms with Crippen LogP contribution in [0, 0.1) is 23.6 Å². The molecule has 0 saturated heterocycles. The summed E-state index contributed by atoms with van der Waals surface area (Å²) in [6.07, 6.45) is 4.99. The van der Waals surface area contributed by atoms with Crippen molar-refractivity contribution in [3.05, 3.63) is 35.1 Å². The minimum Gasteiger partial charge on any atom is -0.384 e. The van der Waals surface area contributed by atoms with E-state index >= 15 is 0 Å². The molecule has 1 aliphatic rings. The van der Waals surface area contributed by atoms with Gasteiger partial charge in [-0.3, -0.25) is 0 Å². The minimum absolute atomic E-state index is 0.216. The van der Waals surface area contributed by atoms with Crippen molar-refractivity contribution in [1.82, 2.24) is 0 Å². The van der Waals surface area contributed by atoms with Gasteiger partial charge in [0.15, 0.2) is 0 Å². The lowest BCUT2D eigenvalue weighted by Gasteiger charge is -2.28. The molecule has 0 aliphatic heterocycles. The highest BCUT2D eigenvalue weighted by molar-refractivity contribution is 5.36. The van der Waals surface area contributed by atoms with Crippen LogP contribution in [0.3, 0.4) is 0 Å². The third-order valence-corrected chi connectivity index (χ3v) is 3.85. The molecule has 1 N–H and O–H groups in total. The third kappa shape index (κ3) is 4.06. The molecule has 3 heteroatoms. The maximum atomic E-state index is 13.9. The van der Waals surface area contributed by atoms with Crippen LogP contribution >= 0.6 is 0 Å². The zero-order valence-corrected chi connectivity index (χ0v) is 11.9. The average Bonchev–Trinajstić information content (AvgIpc) is 2.45. The first-order valence-electron chi connectivity index (χ1n) is 7.20. The van der Waals surface area contributed by atoms with E-state index in [1.165, 1.54) is 25.3 Å². The Bertz CT molecular complexity index is 501. The Balaban J connectivity index is 1.95. The van der Waals surface area contributed by atoms with Gasteiger partial charge in [0.25, 0.3) is 0 Å². The Hall–Kier alpha value is -1.37. The van der Waals surface area contributed by atoms with E-state index in [1.807, 2.05) is 0 Å². The second-order valence-electron chi connectivity index (χ2n) is 5.38. The van der Waals surface area contributed by atoms with E-state index in [0.717, 1.165) is 6.42 Å². The predicted molar refractivity (Wildman–Crippen MR) is 76.6 cm³/mol. The van der Waals surface area contributed by atoms with Gasteiger partial charge in [0.2, 0.25) is 0 Å². The molecule has 0 aromatic heterocycles. The van der Waals surface area contributed by atoms with Crippen molar-refractivity contribution < 1.29 is 14.2 Å². The fraction of sp³-hybridized carbons (Fsp3) is 0.529. The Labute approximate surface area is 120 Å². The molecule has 1 fully saturated rings. The summed E-state index contributed by atoms with van der Waals surface area (Å²) in [5.74, 6) is 5.47. The van der Waals surface area contributed by atoms with Gasteiger partial charge in [0.05, 0.1) is 12.7 Å². The quantitative estimate of drug-likeness (QED) is 0.859. The van der Waals surface area contributed by atoms with E-state index in [2.05, 4.69) is 18.8 Å². The molecule has 0 heterocycles.